The number of hydrogen-bond donors (Lipinski definition) is 4. The molecule has 1 aromatic heterocycles. The number of nitrogens with two attached hydrogens (primary N) is 1. The molecule has 0 aliphatic carbocycles. The van der Waals surface area contributed by atoms with Crippen LogP contribution >= 0.6 is 11.6 Å². The number of carboxylic acids is 1. The summed E-state index contributed by atoms with van der Waals surface area (Å²) in [5.74, 6) is -1.59. The molecular formula is C22H23ClN4O4. The Balaban J connectivity index is 1.83. The van der Waals surface area contributed by atoms with Gasteiger partial charge in [-0.3, -0.25) is 9.88 Å². The maximum Gasteiger partial charge on any atom is 0.341 e. The van der Waals surface area contributed by atoms with Gasteiger partial charge in [0.25, 0.3) is 0 Å². The molecule has 1 saturated heterocycles. The number of hydrogen-bond acceptors (Lipinski definition) is 7. The first kappa shape index (κ1) is 21.3. The van der Waals surface area contributed by atoms with Gasteiger partial charge < -0.3 is 26.0 Å². The molecule has 31 heavy (non-hydrogen) atoms. The average molecular weight is 443 g/mol. The second kappa shape index (κ2) is 9.07. The summed E-state index contributed by atoms with van der Waals surface area (Å²) in [6.45, 7) is 3.54. The third-order valence-electron chi connectivity index (χ3n) is 5.36. The van der Waals surface area contributed by atoms with E-state index in [-0.39, 0.29) is 23.5 Å². The summed E-state index contributed by atoms with van der Waals surface area (Å²) in [4.78, 5) is 18.7. The molecule has 162 valence electrons. The van der Waals surface area contributed by atoms with E-state index in [1.165, 1.54) is 0 Å². The molecule has 1 aliphatic rings. The van der Waals surface area contributed by atoms with E-state index >= 15 is 0 Å². The van der Waals surface area contributed by atoms with Crippen molar-refractivity contribution in [2.24, 2.45) is 5.73 Å². The second-order valence-electron chi connectivity index (χ2n) is 7.34. The van der Waals surface area contributed by atoms with Gasteiger partial charge in [-0.1, -0.05) is 17.7 Å². The molecule has 2 aromatic carbocycles. The van der Waals surface area contributed by atoms with Crippen LogP contribution in [0.3, 0.4) is 0 Å². The number of carboxylic acid groups (broad SMARTS) is 1. The molecule has 1 fully saturated rings. The molecule has 0 unspecified atom stereocenters. The Morgan fingerprint density at radius 2 is 2.00 bits per heavy atom. The van der Waals surface area contributed by atoms with Crippen LogP contribution in [0.4, 0.5) is 11.4 Å². The third kappa shape index (κ3) is 4.42. The molecule has 5 N–H and O–H groups in total. The molecule has 2 heterocycles. The summed E-state index contributed by atoms with van der Waals surface area (Å²) >= 11 is 6.25. The number of nitrogens with one attached hydrogen (secondary N) is 1. The molecule has 0 atom stereocenters. The Morgan fingerprint density at radius 3 is 2.71 bits per heavy atom. The topological polar surface area (TPSA) is 121 Å². The summed E-state index contributed by atoms with van der Waals surface area (Å²) < 4.78 is 5.43. The lowest BCUT2D eigenvalue weighted by Crippen LogP contribution is -2.35. The van der Waals surface area contributed by atoms with Gasteiger partial charge in [0.15, 0.2) is 0 Å². The van der Waals surface area contributed by atoms with E-state index in [4.69, 9.17) is 22.1 Å². The number of halogens is 1. The second-order valence-corrected chi connectivity index (χ2v) is 7.77. The normalized spacial score (nSPS) is 14.6. The monoisotopic (exact) mass is 442 g/mol. The number of anilines is 2. The number of aromatic carboxylic acids is 1. The smallest absolute Gasteiger partial charge is 0.341 e. The van der Waals surface area contributed by atoms with Crippen molar-refractivity contribution in [3.05, 3.63) is 58.2 Å². The Kier molecular flexibility index (Phi) is 6.24. The number of ether oxygens (including phenoxy) is 1. The van der Waals surface area contributed by atoms with Crippen LogP contribution in [0.1, 0.15) is 21.5 Å². The van der Waals surface area contributed by atoms with Crippen LogP contribution in [-0.4, -0.2) is 52.4 Å². The first-order valence-corrected chi connectivity index (χ1v) is 10.3. The van der Waals surface area contributed by atoms with E-state index in [0.717, 1.165) is 29.6 Å². The lowest BCUT2D eigenvalue weighted by atomic mass is 10.0. The van der Waals surface area contributed by atoms with E-state index in [9.17, 15) is 15.0 Å². The minimum Gasteiger partial charge on any atom is -0.507 e. The van der Waals surface area contributed by atoms with Crippen molar-refractivity contribution in [1.82, 2.24) is 9.88 Å². The number of aromatic hydroxyl groups is 1. The van der Waals surface area contributed by atoms with Gasteiger partial charge in [-0.05, 0) is 24.3 Å². The van der Waals surface area contributed by atoms with Crippen molar-refractivity contribution >= 4 is 39.8 Å². The number of morpholine rings is 1. The fraction of sp³-hybridized carbons (Fsp3) is 0.273. The van der Waals surface area contributed by atoms with Gasteiger partial charge in [0.05, 0.1) is 30.1 Å². The predicted molar refractivity (Wildman–Crippen MR) is 119 cm³/mol. The SMILES string of the molecule is NCc1ccc(Nc2c(CN3CCOCC3)cnc3ccc(Cl)cc23)c(C(=O)O)c1O. The first-order chi connectivity index (χ1) is 15.0. The molecule has 1 aliphatic heterocycles. The highest BCUT2D eigenvalue weighted by molar-refractivity contribution is 6.31. The van der Waals surface area contributed by atoms with Gasteiger partial charge in [-0.15, -0.1) is 0 Å². The van der Waals surface area contributed by atoms with E-state index in [1.54, 1.807) is 30.5 Å². The number of benzene rings is 2. The molecule has 4 rings (SSSR count). The minimum absolute atomic E-state index is 0.0302. The van der Waals surface area contributed by atoms with Crippen LogP contribution in [0.15, 0.2) is 36.5 Å². The van der Waals surface area contributed by atoms with E-state index in [0.29, 0.717) is 36.0 Å². The average Bonchev–Trinajstić information content (AvgIpc) is 2.76. The standard InChI is InChI=1S/C22H23ClN4O4/c23-15-2-4-17-16(9-15)20(14(11-25-17)12-27-5-7-31-8-6-27)26-18-3-1-13(10-24)21(28)19(18)22(29)30/h1-4,9,11,28H,5-8,10,12,24H2,(H,25,26)(H,29,30). The summed E-state index contributed by atoms with van der Waals surface area (Å²) in [6, 6.07) is 8.59. The van der Waals surface area contributed by atoms with Crippen molar-refractivity contribution in [2.75, 3.05) is 31.6 Å². The minimum atomic E-state index is -1.25. The van der Waals surface area contributed by atoms with Crippen molar-refractivity contribution in [3.63, 3.8) is 0 Å². The van der Waals surface area contributed by atoms with Gasteiger partial charge in [-0.25, -0.2) is 4.79 Å². The maximum atomic E-state index is 11.9. The van der Waals surface area contributed by atoms with Crippen LogP contribution in [0.5, 0.6) is 5.75 Å². The van der Waals surface area contributed by atoms with Crippen LogP contribution in [0.2, 0.25) is 5.02 Å². The molecule has 8 nitrogen and oxygen atoms in total. The zero-order valence-corrected chi connectivity index (χ0v) is 17.5. The highest BCUT2D eigenvalue weighted by atomic mass is 35.5. The number of fused-ring (bicyclic) bond motifs is 1. The number of carbonyl (C=O) groups is 1. The number of pyridine rings is 1. The van der Waals surface area contributed by atoms with Crippen LogP contribution < -0.4 is 11.1 Å². The van der Waals surface area contributed by atoms with Crippen molar-refractivity contribution < 1.29 is 19.7 Å². The maximum absolute atomic E-state index is 11.9. The molecular weight excluding hydrogens is 420 g/mol. The van der Waals surface area contributed by atoms with E-state index in [1.807, 2.05) is 6.07 Å². The number of rotatable bonds is 6. The Morgan fingerprint density at radius 1 is 1.23 bits per heavy atom. The van der Waals surface area contributed by atoms with Gasteiger partial charge in [0.2, 0.25) is 0 Å². The summed E-state index contributed by atoms with van der Waals surface area (Å²) in [5, 5.41) is 24.7. The zero-order valence-electron chi connectivity index (χ0n) is 16.8. The lowest BCUT2D eigenvalue weighted by Gasteiger charge is -2.28. The first-order valence-electron chi connectivity index (χ1n) is 9.90. The van der Waals surface area contributed by atoms with E-state index in [2.05, 4.69) is 15.2 Å². The molecule has 3 aromatic rings. The van der Waals surface area contributed by atoms with Crippen molar-refractivity contribution in [3.8, 4) is 5.75 Å². The van der Waals surface area contributed by atoms with Gasteiger partial charge in [-0.2, -0.15) is 0 Å². The Hall–Kier alpha value is -2.91. The summed E-state index contributed by atoms with van der Waals surface area (Å²) in [6.07, 6.45) is 1.78. The number of phenols is 1. The van der Waals surface area contributed by atoms with Crippen LogP contribution in [0, 0.1) is 0 Å². The largest absolute Gasteiger partial charge is 0.507 e. The Bertz CT molecular complexity index is 1130. The van der Waals surface area contributed by atoms with Gasteiger partial charge in [0.1, 0.15) is 11.3 Å². The number of nitrogens with zero attached hydrogens (tertiary/aromatic N) is 2. The fourth-order valence-corrected chi connectivity index (χ4v) is 3.90. The third-order valence-corrected chi connectivity index (χ3v) is 5.60. The Labute approximate surface area is 184 Å². The lowest BCUT2D eigenvalue weighted by molar-refractivity contribution is 0.0342. The van der Waals surface area contributed by atoms with Crippen molar-refractivity contribution in [1.29, 1.82) is 0 Å². The van der Waals surface area contributed by atoms with Crippen LogP contribution in [0.25, 0.3) is 10.9 Å². The highest BCUT2D eigenvalue weighted by Gasteiger charge is 2.21. The fourth-order valence-electron chi connectivity index (χ4n) is 3.73. The quantitative estimate of drug-likeness (QED) is 0.458. The molecule has 0 saturated carbocycles. The zero-order chi connectivity index (χ0) is 22.0. The molecule has 0 spiro atoms. The molecule has 0 bridgehead atoms. The van der Waals surface area contributed by atoms with Gasteiger partial charge >= 0.3 is 5.97 Å². The molecule has 0 amide bonds. The van der Waals surface area contributed by atoms with E-state index < -0.39 is 5.97 Å². The van der Waals surface area contributed by atoms with Gasteiger partial charge in [0, 0.05) is 53.9 Å². The van der Waals surface area contributed by atoms with Crippen molar-refractivity contribution in [2.45, 2.75) is 13.1 Å². The predicted octanol–water partition coefficient (Wildman–Crippen LogP) is 3.33. The molecule has 9 heteroatoms. The van der Waals surface area contributed by atoms with Crippen LogP contribution in [-0.2, 0) is 17.8 Å². The highest BCUT2D eigenvalue weighted by Crippen LogP contribution is 2.36. The summed E-state index contributed by atoms with van der Waals surface area (Å²) in [5.41, 5.74) is 8.32. The summed E-state index contributed by atoms with van der Waals surface area (Å²) in [7, 11) is 0. The number of aromatic nitrogens is 1. The molecule has 0 radical (unpaired) electrons.